The molecule has 0 radical (unpaired) electrons. The Morgan fingerprint density at radius 1 is 0.841 bits per heavy atom. The van der Waals surface area contributed by atoms with Gasteiger partial charge < -0.3 is 15.0 Å². The first kappa shape index (κ1) is 32.3. The molecule has 9 heteroatoms. The topological polar surface area (TPSA) is 96.0 Å². The Bertz CT molecular complexity index is 1650. The molecule has 44 heavy (non-hydrogen) atoms. The van der Waals surface area contributed by atoms with Gasteiger partial charge in [-0.1, -0.05) is 97.4 Å². The molecule has 1 unspecified atom stereocenters. The van der Waals surface area contributed by atoms with Crippen LogP contribution in [0.3, 0.4) is 0 Å². The summed E-state index contributed by atoms with van der Waals surface area (Å²) in [5, 5.41) is 2.96. The Balaban J connectivity index is 1.82. The van der Waals surface area contributed by atoms with Gasteiger partial charge in [0.25, 0.3) is 10.0 Å². The Morgan fingerprint density at radius 3 is 2.14 bits per heavy atom. The number of aryl methyl sites for hydroxylation is 1. The van der Waals surface area contributed by atoms with E-state index in [9.17, 15) is 18.0 Å². The van der Waals surface area contributed by atoms with Gasteiger partial charge in [-0.15, -0.1) is 0 Å². The largest absolute Gasteiger partial charge is 0.495 e. The zero-order valence-corrected chi connectivity index (χ0v) is 26.2. The number of ether oxygens (including phenoxy) is 1. The number of para-hydroxylation sites is 2. The van der Waals surface area contributed by atoms with Crippen molar-refractivity contribution in [1.29, 1.82) is 0 Å². The number of methoxy groups -OCH3 is 1. The number of carbonyl (C=O) groups is 2. The predicted molar refractivity (Wildman–Crippen MR) is 173 cm³/mol. The van der Waals surface area contributed by atoms with Crippen LogP contribution in [-0.4, -0.2) is 51.4 Å². The van der Waals surface area contributed by atoms with Crippen LogP contribution in [0.1, 0.15) is 30.0 Å². The number of rotatable bonds is 14. The molecule has 0 aliphatic carbocycles. The highest BCUT2D eigenvalue weighted by molar-refractivity contribution is 7.92. The molecule has 0 fully saturated rings. The summed E-state index contributed by atoms with van der Waals surface area (Å²) in [5.41, 5.74) is 2.93. The van der Waals surface area contributed by atoms with E-state index in [2.05, 4.69) is 5.32 Å². The van der Waals surface area contributed by atoms with Crippen molar-refractivity contribution < 1.29 is 22.7 Å². The van der Waals surface area contributed by atoms with Crippen molar-refractivity contribution in [1.82, 2.24) is 10.2 Å². The van der Waals surface area contributed by atoms with Crippen LogP contribution in [0.5, 0.6) is 5.75 Å². The summed E-state index contributed by atoms with van der Waals surface area (Å²) in [6.07, 6.45) is 0.987. The van der Waals surface area contributed by atoms with Gasteiger partial charge in [0, 0.05) is 19.5 Å². The molecular weight excluding hydrogens is 574 g/mol. The van der Waals surface area contributed by atoms with Gasteiger partial charge in [0.2, 0.25) is 11.8 Å². The van der Waals surface area contributed by atoms with Crippen molar-refractivity contribution in [2.45, 2.75) is 44.2 Å². The second kappa shape index (κ2) is 15.2. The van der Waals surface area contributed by atoms with Crippen LogP contribution < -0.4 is 14.4 Å². The molecule has 1 N–H and O–H groups in total. The van der Waals surface area contributed by atoms with Gasteiger partial charge in [-0.25, -0.2) is 8.42 Å². The summed E-state index contributed by atoms with van der Waals surface area (Å²) < 4.78 is 34.8. The Morgan fingerprint density at radius 2 is 1.48 bits per heavy atom. The van der Waals surface area contributed by atoms with E-state index < -0.39 is 28.5 Å². The molecule has 0 aliphatic heterocycles. The zero-order chi connectivity index (χ0) is 31.5. The minimum atomic E-state index is -4.21. The van der Waals surface area contributed by atoms with Gasteiger partial charge in [0.1, 0.15) is 18.3 Å². The van der Waals surface area contributed by atoms with Crippen LogP contribution in [0.4, 0.5) is 5.69 Å². The highest BCUT2D eigenvalue weighted by Crippen LogP contribution is 2.32. The Kier molecular flexibility index (Phi) is 11.2. The van der Waals surface area contributed by atoms with Crippen molar-refractivity contribution in [3.63, 3.8) is 0 Å². The number of nitrogens with one attached hydrogen (secondary N) is 1. The van der Waals surface area contributed by atoms with Gasteiger partial charge in [-0.3, -0.25) is 13.9 Å². The zero-order valence-electron chi connectivity index (χ0n) is 25.3. The number of sulfonamides is 1. The summed E-state index contributed by atoms with van der Waals surface area (Å²) in [4.78, 5) is 29.8. The first-order valence-electron chi connectivity index (χ1n) is 14.6. The summed E-state index contributed by atoms with van der Waals surface area (Å²) in [6.45, 7) is 3.94. The number of carbonyl (C=O) groups excluding carboxylic acids is 2. The second-order valence-electron chi connectivity index (χ2n) is 10.5. The molecule has 2 amide bonds. The third-order valence-electron chi connectivity index (χ3n) is 7.22. The smallest absolute Gasteiger partial charge is 0.264 e. The van der Waals surface area contributed by atoms with Crippen LogP contribution in [0.15, 0.2) is 114 Å². The molecule has 0 spiro atoms. The van der Waals surface area contributed by atoms with Crippen LogP contribution in [0.2, 0.25) is 0 Å². The first-order chi connectivity index (χ1) is 21.2. The molecule has 4 rings (SSSR count). The first-order valence-corrected chi connectivity index (χ1v) is 16.1. The van der Waals surface area contributed by atoms with Crippen molar-refractivity contribution in [3.8, 4) is 5.75 Å². The van der Waals surface area contributed by atoms with E-state index in [1.54, 1.807) is 42.5 Å². The average Bonchev–Trinajstić information content (AvgIpc) is 3.04. The molecule has 1 atom stereocenters. The molecule has 0 heterocycles. The normalized spacial score (nSPS) is 11.8. The average molecular weight is 614 g/mol. The van der Waals surface area contributed by atoms with Crippen molar-refractivity contribution >= 4 is 27.5 Å². The second-order valence-corrected chi connectivity index (χ2v) is 12.4. The third-order valence-corrected chi connectivity index (χ3v) is 8.99. The van der Waals surface area contributed by atoms with E-state index >= 15 is 0 Å². The molecule has 8 nitrogen and oxygen atoms in total. The molecule has 230 valence electrons. The highest BCUT2D eigenvalue weighted by Gasteiger charge is 2.35. The number of nitrogens with zero attached hydrogens (tertiary/aromatic N) is 2. The fourth-order valence-electron chi connectivity index (χ4n) is 5.00. The number of benzene rings is 4. The van der Waals surface area contributed by atoms with E-state index in [0.717, 1.165) is 27.4 Å². The molecule has 4 aromatic carbocycles. The fourth-order valence-corrected chi connectivity index (χ4v) is 6.44. The van der Waals surface area contributed by atoms with Crippen molar-refractivity contribution in [3.05, 3.63) is 126 Å². The Labute approximate surface area is 260 Å². The minimum Gasteiger partial charge on any atom is -0.495 e. The maximum absolute atomic E-state index is 14.5. The van der Waals surface area contributed by atoms with Crippen LogP contribution in [0.25, 0.3) is 0 Å². The van der Waals surface area contributed by atoms with Gasteiger partial charge >= 0.3 is 0 Å². The maximum atomic E-state index is 14.5. The summed E-state index contributed by atoms with van der Waals surface area (Å²) in [6, 6.07) is 31.0. The van der Waals surface area contributed by atoms with E-state index in [0.29, 0.717) is 12.3 Å². The van der Waals surface area contributed by atoms with Gasteiger partial charge in [-0.05, 0) is 48.7 Å². The molecule has 0 saturated carbocycles. The molecular formula is C35H39N3O5S. The van der Waals surface area contributed by atoms with Crippen LogP contribution in [0, 0.1) is 6.92 Å². The maximum Gasteiger partial charge on any atom is 0.264 e. The van der Waals surface area contributed by atoms with E-state index in [-0.39, 0.29) is 29.5 Å². The van der Waals surface area contributed by atoms with E-state index in [4.69, 9.17) is 4.74 Å². The van der Waals surface area contributed by atoms with E-state index in [1.165, 1.54) is 24.1 Å². The lowest BCUT2D eigenvalue weighted by Crippen LogP contribution is -2.53. The molecule has 0 bridgehead atoms. The number of hydrogen-bond donors (Lipinski definition) is 1. The van der Waals surface area contributed by atoms with Gasteiger partial charge in [0.05, 0.1) is 17.7 Å². The van der Waals surface area contributed by atoms with Gasteiger partial charge in [0.15, 0.2) is 0 Å². The summed E-state index contributed by atoms with van der Waals surface area (Å²) in [7, 11) is -2.76. The standard InChI is InChI=1S/C35H39N3O5S/c1-4-22-36-35(40)32(24-28-15-7-5-8-16-28)37(25-29-17-13-14-27(2)23-29)34(39)26-38(31-20-11-12-21-33(31)43-3)44(41,42)30-18-9-6-10-19-30/h5-21,23,32H,4,22,24-26H2,1-3H3,(H,36,40). The van der Waals surface area contributed by atoms with Crippen LogP contribution >= 0.6 is 0 Å². The van der Waals surface area contributed by atoms with Crippen molar-refractivity contribution in [2.75, 3.05) is 24.5 Å². The molecule has 0 aromatic heterocycles. The van der Waals surface area contributed by atoms with Crippen LogP contribution in [-0.2, 0) is 32.6 Å². The lowest BCUT2D eigenvalue weighted by molar-refractivity contribution is -0.140. The predicted octanol–water partition coefficient (Wildman–Crippen LogP) is 5.37. The molecule has 0 aliphatic rings. The molecule has 4 aromatic rings. The third kappa shape index (κ3) is 8.05. The minimum absolute atomic E-state index is 0.0328. The lowest BCUT2D eigenvalue weighted by atomic mass is 10.0. The van der Waals surface area contributed by atoms with Crippen molar-refractivity contribution in [2.24, 2.45) is 0 Å². The summed E-state index contributed by atoms with van der Waals surface area (Å²) >= 11 is 0. The summed E-state index contributed by atoms with van der Waals surface area (Å²) in [5.74, 6) is -0.525. The molecule has 0 saturated heterocycles. The van der Waals surface area contributed by atoms with E-state index in [1.807, 2.05) is 68.4 Å². The number of anilines is 1. The highest BCUT2D eigenvalue weighted by atomic mass is 32.2. The fraction of sp³-hybridized carbons (Fsp3) is 0.257. The SMILES string of the molecule is CCCNC(=O)C(Cc1ccccc1)N(Cc1cccc(C)c1)C(=O)CN(c1ccccc1OC)S(=O)(=O)c1ccccc1. The quantitative estimate of drug-likeness (QED) is 0.207. The lowest BCUT2D eigenvalue weighted by Gasteiger charge is -2.34. The number of hydrogen-bond acceptors (Lipinski definition) is 5. The van der Waals surface area contributed by atoms with Gasteiger partial charge in [-0.2, -0.15) is 0 Å². The monoisotopic (exact) mass is 613 g/mol. The Hall–Kier alpha value is -4.63. The number of amides is 2.